The number of nitrogens with zero attached hydrogens (tertiary/aromatic N) is 1. The van der Waals surface area contributed by atoms with E-state index in [1.165, 1.54) is 57.9 Å². The standard InChI is InChI=1S/C16H29NO2/c1-13(18)11-14-5-2-3-9-17(14)15-6-10-19-16(12-15)7-4-8-16/h13-15,18H,2-12H2,1H3. The minimum absolute atomic E-state index is 0.164. The highest BCUT2D eigenvalue weighted by atomic mass is 16.5. The molecule has 3 aliphatic rings. The molecule has 2 heterocycles. The second kappa shape index (κ2) is 5.71. The van der Waals surface area contributed by atoms with Crippen molar-refractivity contribution in [2.24, 2.45) is 0 Å². The first-order valence-electron chi connectivity index (χ1n) is 8.26. The van der Waals surface area contributed by atoms with Gasteiger partial charge in [-0.05, 0) is 64.8 Å². The van der Waals surface area contributed by atoms with Gasteiger partial charge in [-0.15, -0.1) is 0 Å². The van der Waals surface area contributed by atoms with Crippen LogP contribution in [-0.2, 0) is 4.74 Å². The van der Waals surface area contributed by atoms with Gasteiger partial charge in [-0.2, -0.15) is 0 Å². The largest absolute Gasteiger partial charge is 0.393 e. The van der Waals surface area contributed by atoms with E-state index in [1.807, 2.05) is 6.92 Å². The third kappa shape index (κ3) is 2.98. The molecule has 2 saturated heterocycles. The van der Waals surface area contributed by atoms with E-state index in [-0.39, 0.29) is 11.7 Å². The van der Waals surface area contributed by atoms with Gasteiger partial charge in [-0.3, -0.25) is 4.90 Å². The molecule has 0 aromatic rings. The Morgan fingerprint density at radius 1 is 1.26 bits per heavy atom. The Hall–Kier alpha value is -0.120. The minimum atomic E-state index is -0.164. The molecule has 0 bridgehead atoms. The average molecular weight is 267 g/mol. The summed E-state index contributed by atoms with van der Waals surface area (Å²) in [6, 6.07) is 1.31. The van der Waals surface area contributed by atoms with Crippen LogP contribution in [0.4, 0.5) is 0 Å². The molecule has 0 radical (unpaired) electrons. The zero-order chi connectivity index (χ0) is 13.3. The Kier molecular flexibility index (Phi) is 4.16. The van der Waals surface area contributed by atoms with Gasteiger partial charge in [-0.25, -0.2) is 0 Å². The normalized spacial score (nSPS) is 36.9. The molecule has 0 aromatic heterocycles. The van der Waals surface area contributed by atoms with E-state index in [1.54, 1.807) is 0 Å². The van der Waals surface area contributed by atoms with Crippen molar-refractivity contribution in [3.63, 3.8) is 0 Å². The lowest BCUT2D eigenvalue weighted by molar-refractivity contribution is -0.154. The molecule has 0 aromatic carbocycles. The van der Waals surface area contributed by atoms with Crippen molar-refractivity contribution in [3.05, 3.63) is 0 Å². The van der Waals surface area contributed by atoms with E-state index in [2.05, 4.69) is 4.90 Å². The number of hydrogen-bond acceptors (Lipinski definition) is 3. The Labute approximate surface area is 117 Å². The van der Waals surface area contributed by atoms with Gasteiger partial charge < -0.3 is 9.84 Å². The highest BCUT2D eigenvalue weighted by Gasteiger charge is 2.45. The maximum Gasteiger partial charge on any atom is 0.0697 e. The quantitative estimate of drug-likeness (QED) is 0.853. The summed E-state index contributed by atoms with van der Waals surface area (Å²) in [5, 5.41) is 9.73. The summed E-state index contributed by atoms with van der Waals surface area (Å²) in [5.41, 5.74) is 0.246. The van der Waals surface area contributed by atoms with Crippen LogP contribution in [0.3, 0.4) is 0 Å². The minimum Gasteiger partial charge on any atom is -0.393 e. The van der Waals surface area contributed by atoms with Crippen molar-refractivity contribution in [1.29, 1.82) is 0 Å². The van der Waals surface area contributed by atoms with Gasteiger partial charge in [-0.1, -0.05) is 6.42 Å². The molecular formula is C16H29NO2. The summed E-state index contributed by atoms with van der Waals surface area (Å²) < 4.78 is 6.06. The van der Waals surface area contributed by atoms with Gasteiger partial charge >= 0.3 is 0 Å². The van der Waals surface area contributed by atoms with Crippen LogP contribution >= 0.6 is 0 Å². The molecule has 3 atom stereocenters. The highest BCUT2D eigenvalue weighted by molar-refractivity contribution is 4.98. The monoisotopic (exact) mass is 267 g/mol. The number of ether oxygens (including phenoxy) is 1. The van der Waals surface area contributed by atoms with E-state index in [0.29, 0.717) is 12.1 Å². The van der Waals surface area contributed by atoms with Gasteiger partial charge in [0, 0.05) is 18.7 Å². The van der Waals surface area contributed by atoms with Crippen molar-refractivity contribution in [1.82, 2.24) is 4.90 Å². The second-order valence-electron chi connectivity index (χ2n) is 7.00. The van der Waals surface area contributed by atoms with Crippen LogP contribution < -0.4 is 0 Å². The first-order chi connectivity index (χ1) is 9.19. The molecule has 1 aliphatic carbocycles. The molecule has 3 fully saturated rings. The number of rotatable bonds is 3. The second-order valence-corrected chi connectivity index (χ2v) is 7.00. The zero-order valence-electron chi connectivity index (χ0n) is 12.3. The molecule has 3 heteroatoms. The summed E-state index contributed by atoms with van der Waals surface area (Å²) in [6.07, 6.45) is 11.1. The number of hydrogen-bond donors (Lipinski definition) is 1. The first-order valence-corrected chi connectivity index (χ1v) is 8.26. The zero-order valence-corrected chi connectivity index (χ0v) is 12.3. The smallest absolute Gasteiger partial charge is 0.0697 e. The molecule has 3 unspecified atom stereocenters. The summed E-state index contributed by atoms with van der Waals surface area (Å²) in [4.78, 5) is 2.72. The van der Waals surface area contributed by atoms with Gasteiger partial charge in [0.1, 0.15) is 0 Å². The lowest BCUT2D eigenvalue weighted by Crippen LogP contribution is -2.55. The maximum atomic E-state index is 9.73. The number of likely N-dealkylation sites (tertiary alicyclic amines) is 1. The molecular weight excluding hydrogens is 238 g/mol. The number of aliphatic hydroxyl groups is 1. The van der Waals surface area contributed by atoms with Crippen molar-refractivity contribution in [3.8, 4) is 0 Å². The number of aliphatic hydroxyl groups excluding tert-OH is 1. The van der Waals surface area contributed by atoms with E-state index in [0.717, 1.165) is 13.0 Å². The third-order valence-electron chi connectivity index (χ3n) is 5.49. The highest BCUT2D eigenvalue weighted by Crippen LogP contribution is 2.44. The van der Waals surface area contributed by atoms with Gasteiger partial charge in [0.05, 0.1) is 11.7 Å². The fourth-order valence-corrected chi connectivity index (χ4v) is 4.35. The Bertz CT molecular complexity index is 301. The Morgan fingerprint density at radius 2 is 2.11 bits per heavy atom. The Balaban J connectivity index is 1.64. The van der Waals surface area contributed by atoms with Crippen LogP contribution in [0.2, 0.25) is 0 Å². The van der Waals surface area contributed by atoms with Crippen LogP contribution in [0, 0.1) is 0 Å². The maximum absolute atomic E-state index is 9.73. The molecule has 2 aliphatic heterocycles. The molecule has 3 nitrogen and oxygen atoms in total. The fraction of sp³-hybridized carbons (Fsp3) is 1.00. The van der Waals surface area contributed by atoms with E-state index in [4.69, 9.17) is 4.74 Å². The van der Waals surface area contributed by atoms with E-state index in [9.17, 15) is 5.11 Å². The van der Waals surface area contributed by atoms with Crippen molar-refractivity contribution >= 4 is 0 Å². The molecule has 1 spiro atoms. The Morgan fingerprint density at radius 3 is 2.79 bits per heavy atom. The van der Waals surface area contributed by atoms with Gasteiger partial charge in [0.15, 0.2) is 0 Å². The SMILES string of the molecule is CC(O)CC1CCCCN1C1CCOC2(CCC2)C1. The van der Waals surface area contributed by atoms with E-state index < -0.39 is 0 Å². The molecule has 1 N–H and O–H groups in total. The van der Waals surface area contributed by atoms with Crippen LogP contribution in [0.5, 0.6) is 0 Å². The summed E-state index contributed by atoms with van der Waals surface area (Å²) in [6.45, 7) is 4.12. The lowest BCUT2D eigenvalue weighted by atomic mass is 9.73. The predicted octanol–water partition coefficient (Wildman–Crippen LogP) is 2.71. The van der Waals surface area contributed by atoms with Crippen molar-refractivity contribution in [2.45, 2.75) is 88.5 Å². The molecule has 19 heavy (non-hydrogen) atoms. The predicted molar refractivity (Wildman–Crippen MR) is 76.2 cm³/mol. The van der Waals surface area contributed by atoms with Gasteiger partial charge in [0.2, 0.25) is 0 Å². The molecule has 1 saturated carbocycles. The van der Waals surface area contributed by atoms with Crippen molar-refractivity contribution in [2.75, 3.05) is 13.2 Å². The van der Waals surface area contributed by atoms with Crippen LogP contribution in [0.15, 0.2) is 0 Å². The molecule has 3 rings (SSSR count). The average Bonchev–Trinajstić information content (AvgIpc) is 2.37. The third-order valence-corrected chi connectivity index (χ3v) is 5.49. The fourth-order valence-electron chi connectivity index (χ4n) is 4.35. The van der Waals surface area contributed by atoms with E-state index >= 15 is 0 Å². The van der Waals surface area contributed by atoms with Crippen molar-refractivity contribution < 1.29 is 9.84 Å². The summed E-state index contributed by atoms with van der Waals surface area (Å²) >= 11 is 0. The topological polar surface area (TPSA) is 32.7 Å². The number of piperidine rings is 1. The first kappa shape index (κ1) is 13.8. The van der Waals surface area contributed by atoms with Crippen LogP contribution in [-0.4, -0.2) is 46.9 Å². The summed E-state index contributed by atoms with van der Waals surface area (Å²) in [7, 11) is 0. The van der Waals surface area contributed by atoms with Gasteiger partial charge in [0.25, 0.3) is 0 Å². The van der Waals surface area contributed by atoms with Crippen LogP contribution in [0.1, 0.15) is 64.7 Å². The summed E-state index contributed by atoms with van der Waals surface area (Å²) in [5.74, 6) is 0. The molecule has 0 amide bonds. The lowest BCUT2D eigenvalue weighted by Gasteiger charge is -2.52. The van der Waals surface area contributed by atoms with Crippen LogP contribution in [0.25, 0.3) is 0 Å². The molecule has 110 valence electrons.